The Kier molecular flexibility index (Phi) is 6.03. The van der Waals surface area contributed by atoms with Crippen LogP contribution in [-0.2, 0) is 10.1 Å². The lowest BCUT2D eigenvalue weighted by molar-refractivity contribution is 0.475. The van der Waals surface area contributed by atoms with E-state index in [1.165, 1.54) is 18.3 Å². The molecule has 0 aliphatic rings. The summed E-state index contributed by atoms with van der Waals surface area (Å²) < 4.78 is 33.2. The molecule has 3 aromatic rings. The number of hydrogen-bond acceptors (Lipinski definition) is 7. The summed E-state index contributed by atoms with van der Waals surface area (Å²) in [6.07, 6.45) is 1.21. The standard InChI is InChI=1S/C17H10Cl3N5O4S/c1-8-2-15(26)11(19)3-13(8)23-24-17-9(6-21)7-22-25(17)14-4-12(20)16(5-10(14)18)30(27,28)29/h2-5,7,26H,1H3,(H,27,28,29). The molecule has 2 aromatic carbocycles. The van der Waals surface area contributed by atoms with Crippen molar-refractivity contribution in [1.82, 2.24) is 9.78 Å². The first kappa shape index (κ1) is 22.0. The Labute approximate surface area is 185 Å². The van der Waals surface area contributed by atoms with Crippen LogP contribution in [0.4, 0.5) is 11.5 Å². The third kappa shape index (κ3) is 4.26. The summed E-state index contributed by atoms with van der Waals surface area (Å²) in [5, 5.41) is 30.8. The zero-order valence-electron chi connectivity index (χ0n) is 14.9. The molecule has 0 aliphatic heterocycles. The summed E-state index contributed by atoms with van der Waals surface area (Å²) in [6, 6.07) is 6.82. The normalized spacial score (nSPS) is 11.7. The van der Waals surface area contributed by atoms with Gasteiger partial charge in [0.1, 0.15) is 22.3 Å². The van der Waals surface area contributed by atoms with Gasteiger partial charge in [-0.25, -0.2) is 4.68 Å². The fourth-order valence-corrected chi connectivity index (χ4v) is 3.93. The molecule has 13 heteroatoms. The van der Waals surface area contributed by atoms with Crippen molar-refractivity contribution in [2.45, 2.75) is 11.8 Å². The Morgan fingerprint density at radius 3 is 2.43 bits per heavy atom. The minimum atomic E-state index is -4.60. The molecular weight excluding hydrogens is 477 g/mol. The molecular formula is C17H10Cl3N5O4S. The predicted octanol–water partition coefficient (Wildman–Crippen LogP) is 5.38. The number of nitriles is 1. The molecule has 3 rings (SSSR count). The summed E-state index contributed by atoms with van der Waals surface area (Å²) in [4.78, 5) is -0.580. The molecule has 0 fully saturated rings. The minimum Gasteiger partial charge on any atom is -0.506 e. The van der Waals surface area contributed by atoms with E-state index in [0.29, 0.717) is 11.3 Å². The fourth-order valence-electron chi connectivity index (χ4n) is 2.44. The van der Waals surface area contributed by atoms with Crippen LogP contribution in [0, 0.1) is 18.3 Å². The number of hydrogen-bond donors (Lipinski definition) is 2. The average molecular weight is 487 g/mol. The molecule has 0 saturated carbocycles. The van der Waals surface area contributed by atoms with Crippen LogP contribution in [0.25, 0.3) is 5.69 Å². The maximum atomic E-state index is 11.4. The number of halogens is 3. The summed E-state index contributed by atoms with van der Waals surface area (Å²) >= 11 is 18.0. The minimum absolute atomic E-state index is 0.0151. The van der Waals surface area contributed by atoms with Gasteiger partial charge in [-0.3, -0.25) is 4.55 Å². The van der Waals surface area contributed by atoms with E-state index in [9.17, 15) is 23.3 Å². The molecule has 0 unspecified atom stereocenters. The first-order valence-corrected chi connectivity index (χ1v) is 10.5. The van der Waals surface area contributed by atoms with Crippen LogP contribution >= 0.6 is 34.8 Å². The highest BCUT2D eigenvalue weighted by Crippen LogP contribution is 2.35. The third-order valence-electron chi connectivity index (χ3n) is 3.89. The maximum absolute atomic E-state index is 11.4. The average Bonchev–Trinajstić information content (AvgIpc) is 3.07. The summed E-state index contributed by atoms with van der Waals surface area (Å²) in [7, 11) is -4.60. The largest absolute Gasteiger partial charge is 0.506 e. The van der Waals surface area contributed by atoms with Gasteiger partial charge in [-0.1, -0.05) is 34.8 Å². The molecule has 0 aliphatic carbocycles. The molecule has 9 nitrogen and oxygen atoms in total. The molecule has 0 saturated heterocycles. The zero-order chi connectivity index (χ0) is 22.2. The van der Waals surface area contributed by atoms with Crippen LogP contribution < -0.4 is 0 Å². The highest BCUT2D eigenvalue weighted by atomic mass is 35.5. The van der Waals surface area contributed by atoms with Crippen molar-refractivity contribution >= 4 is 56.4 Å². The molecule has 1 heterocycles. The van der Waals surface area contributed by atoms with Crippen LogP contribution in [0.15, 0.2) is 45.6 Å². The Hall–Kier alpha value is -2.68. The first-order valence-electron chi connectivity index (χ1n) is 7.88. The lowest BCUT2D eigenvalue weighted by atomic mass is 10.2. The molecule has 154 valence electrons. The molecule has 30 heavy (non-hydrogen) atoms. The van der Waals surface area contributed by atoms with Gasteiger partial charge in [0.2, 0.25) is 0 Å². The number of benzene rings is 2. The van der Waals surface area contributed by atoms with Gasteiger partial charge in [0.15, 0.2) is 5.82 Å². The molecule has 0 radical (unpaired) electrons. The van der Waals surface area contributed by atoms with E-state index in [4.69, 9.17) is 34.8 Å². The van der Waals surface area contributed by atoms with Crippen molar-refractivity contribution in [3.8, 4) is 17.5 Å². The van der Waals surface area contributed by atoms with Crippen LogP contribution in [0.3, 0.4) is 0 Å². The van der Waals surface area contributed by atoms with Gasteiger partial charge in [0.25, 0.3) is 10.1 Å². The van der Waals surface area contributed by atoms with Crippen LogP contribution in [0.1, 0.15) is 11.1 Å². The number of phenolic OH excluding ortho intramolecular Hbond substituents is 1. The third-order valence-corrected chi connectivity index (χ3v) is 5.81. The smallest absolute Gasteiger partial charge is 0.296 e. The van der Waals surface area contributed by atoms with Crippen molar-refractivity contribution in [1.29, 1.82) is 5.26 Å². The summed E-state index contributed by atoms with van der Waals surface area (Å²) in [5.41, 5.74) is 1.06. The fraction of sp³-hybridized carbons (Fsp3) is 0.0588. The summed E-state index contributed by atoms with van der Waals surface area (Å²) in [6.45, 7) is 1.68. The Morgan fingerprint density at radius 2 is 1.80 bits per heavy atom. The number of nitrogens with zero attached hydrogens (tertiary/aromatic N) is 5. The number of aryl methyl sites for hydroxylation is 1. The van der Waals surface area contributed by atoms with Gasteiger partial charge in [-0.05, 0) is 36.8 Å². The highest BCUT2D eigenvalue weighted by molar-refractivity contribution is 7.86. The van der Waals surface area contributed by atoms with Gasteiger partial charge >= 0.3 is 0 Å². The van der Waals surface area contributed by atoms with Crippen molar-refractivity contribution in [3.05, 3.63) is 56.7 Å². The van der Waals surface area contributed by atoms with Gasteiger partial charge in [0, 0.05) is 0 Å². The SMILES string of the molecule is Cc1cc(O)c(Cl)cc1N=Nc1c(C#N)cnn1-c1cc(Cl)c(S(=O)(=O)O)cc1Cl. The second-order valence-corrected chi connectivity index (χ2v) is 8.52. The monoisotopic (exact) mass is 485 g/mol. The molecule has 0 atom stereocenters. The van der Waals surface area contributed by atoms with E-state index in [1.54, 1.807) is 6.92 Å². The Morgan fingerprint density at radius 1 is 1.10 bits per heavy atom. The number of aromatic nitrogens is 2. The molecule has 1 aromatic heterocycles. The lowest BCUT2D eigenvalue weighted by Gasteiger charge is -2.09. The topological polar surface area (TPSA) is 141 Å². The van der Waals surface area contributed by atoms with Crippen molar-refractivity contribution in [2.24, 2.45) is 10.2 Å². The molecule has 2 N–H and O–H groups in total. The lowest BCUT2D eigenvalue weighted by Crippen LogP contribution is -2.03. The zero-order valence-corrected chi connectivity index (χ0v) is 18.0. The quantitative estimate of drug-likeness (QED) is 0.374. The Bertz CT molecular complexity index is 1350. The predicted molar refractivity (Wildman–Crippen MR) is 110 cm³/mol. The second kappa shape index (κ2) is 8.22. The molecule has 0 bridgehead atoms. The number of phenols is 1. The molecule has 0 spiro atoms. The van der Waals surface area contributed by atoms with E-state index in [-0.39, 0.29) is 37.9 Å². The van der Waals surface area contributed by atoms with Crippen molar-refractivity contribution in [2.75, 3.05) is 0 Å². The van der Waals surface area contributed by atoms with Gasteiger partial charge in [0.05, 0.1) is 32.6 Å². The van der Waals surface area contributed by atoms with Crippen molar-refractivity contribution < 1.29 is 18.1 Å². The first-order chi connectivity index (χ1) is 14.0. The number of azo groups is 1. The van der Waals surface area contributed by atoms with Crippen LogP contribution in [0.5, 0.6) is 5.75 Å². The van der Waals surface area contributed by atoms with Gasteiger partial charge in [-0.15, -0.1) is 10.2 Å². The van der Waals surface area contributed by atoms with E-state index in [0.717, 1.165) is 16.8 Å². The van der Waals surface area contributed by atoms with Crippen LogP contribution in [-0.4, -0.2) is 27.9 Å². The maximum Gasteiger partial charge on any atom is 0.296 e. The Balaban J connectivity index is 2.15. The second-order valence-electron chi connectivity index (χ2n) is 5.90. The van der Waals surface area contributed by atoms with Gasteiger partial charge < -0.3 is 5.11 Å². The summed E-state index contributed by atoms with van der Waals surface area (Å²) in [5.74, 6) is -0.130. The number of aromatic hydroxyl groups is 1. The molecule has 0 amide bonds. The van der Waals surface area contributed by atoms with Gasteiger partial charge in [-0.2, -0.15) is 18.8 Å². The van der Waals surface area contributed by atoms with E-state index in [2.05, 4.69) is 15.3 Å². The van der Waals surface area contributed by atoms with Crippen LogP contribution in [0.2, 0.25) is 15.1 Å². The van der Waals surface area contributed by atoms with Crippen molar-refractivity contribution in [3.63, 3.8) is 0 Å². The highest BCUT2D eigenvalue weighted by Gasteiger charge is 2.21. The van der Waals surface area contributed by atoms with E-state index in [1.807, 2.05) is 6.07 Å². The number of rotatable bonds is 4. The van der Waals surface area contributed by atoms with E-state index >= 15 is 0 Å². The van der Waals surface area contributed by atoms with E-state index < -0.39 is 15.0 Å².